The molecule has 0 aliphatic rings. The highest BCUT2D eigenvalue weighted by Crippen LogP contribution is 2.34. The molecule has 6 aromatic heterocycles. The molecular weight excluding hydrogens is 402 g/mol. The molecule has 6 aromatic rings. The number of aromatic nitrogens is 9. The molecule has 6 rings (SSSR count). The topological polar surface area (TPSA) is 105 Å². The van der Waals surface area contributed by atoms with Crippen LogP contribution in [0, 0.1) is 0 Å². The van der Waals surface area contributed by atoms with Crippen molar-refractivity contribution >= 4 is 16.7 Å². The third-order valence-electron chi connectivity index (χ3n) is 5.81. The van der Waals surface area contributed by atoms with Crippen LogP contribution in [-0.4, -0.2) is 44.5 Å². The van der Waals surface area contributed by atoms with E-state index >= 15 is 0 Å². The zero-order valence-electron chi connectivity index (χ0n) is 17.7. The quantitative estimate of drug-likeness (QED) is 0.435. The van der Waals surface area contributed by atoms with Crippen LogP contribution in [-0.2, 0) is 6.54 Å². The second kappa shape index (κ2) is 7.16. The van der Waals surface area contributed by atoms with E-state index in [9.17, 15) is 0 Å². The lowest BCUT2D eigenvalue weighted by molar-refractivity contribution is 0.685. The van der Waals surface area contributed by atoms with Crippen LogP contribution in [0.15, 0.2) is 61.7 Å². The van der Waals surface area contributed by atoms with Gasteiger partial charge in [-0.3, -0.25) is 19.9 Å². The average Bonchev–Trinajstić information content (AvgIpc) is 3.60. The molecule has 0 amide bonds. The second-order valence-electron chi connectivity index (χ2n) is 8.15. The van der Waals surface area contributed by atoms with Gasteiger partial charge >= 0.3 is 0 Å². The monoisotopic (exact) mass is 423 g/mol. The molecule has 0 spiro atoms. The number of hydrogen-bond acceptors (Lipinski definition) is 5. The highest BCUT2D eigenvalue weighted by molar-refractivity contribution is 5.86. The van der Waals surface area contributed by atoms with Gasteiger partial charge in [-0.2, -0.15) is 15.3 Å². The largest absolute Gasteiger partial charge is 0.302 e. The highest BCUT2D eigenvalue weighted by Gasteiger charge is 2.19. The SMILES string of the molecule is CC(C)c1c(-c2cn[nH]c2)cnc2cnn(Cc3cnc4ccc(-c5cn[nH]c5)cn34)c12. The fourth-order valence-corrected chi connectivity index (χ4v) is 4.29. The van der Waals surface area contributed by atoms with Gasteiger partial charge in [-0.05, 0) is 23.6 Å². The van der Waals surface area contributed by atoms with Crippen LogP contribution in [0.2, 0.25) is 0 Å². The van der Waals surface area contributed by atoms with Crippen LogP contribution in [0.1, 0.15) is 31.0 Å². The number of rotatable bonds is 5. The first kappa shape index (κ1) is 18.5. The van der Waals surface area contributed by atoms with Gasteiger partial charge in [0.1, 0.15) is 11.2 Å². The Labute approximate surface area is 183 Å². The van der Waals surface area contributed by atoms with Gasteiger partial charge < -0.3 is 4.40 Å². The third kappa shape index (κ3) is 2.89. The van der Waals surface area contributed by atoms with E-state index in [1.165, 1.54) is 5.56 Å². The maximum absolute atomic E-state index is 4.69. The van der Waals surface area contributed by atoms with E-state index in [1.54, 1.807) is 0 Å². The molecule has 32 heavy (non-hydrogen) atoms. The van der Waals surface area contributed by atoms with Crippen molar-refractivity contribution < 1.29 is 0 Å². The summed E-state index contributed by atoms with van der Waals surface area (Å²) in [6.07, 6.45) is 15.2. The van der Waals surface area contributed by atoms with Gasteiger partial charge in [0, 0.05) is 47.0 Å². The van der Waals surface area contributed by atoms with Gasteiger partial charge in [-0.25, -0.2) is 4.98 Å². The van der Waals surface area contributed by atoms with Gasteiger partial charge in [0.25, 0.3) is 0 Å². The number of aromatic amines is 2. The zero-order chi connectivity index (χ0) is 21.7. The van der Waals surface area contributed by atoms with Gasteiger partial charge in [-0.15, -0.1) is 0 Å². The molecule has 2 N–H and O–H groups in total. The Morgan fingerprint density at radius 2 is 1.69 bits per heavy atom. The van der Waals surface area contributed by atoms with Crippen molar-refractivity contribution in [3.05, 3.63) is 73.0 Å². The van der Waals surface area contributed by atoms with E-state index in [4.69, 9.17) is 0 Å². The van der Waals surface area contributed by atoms with Crippen molar-refractivity contribution in [3.63, 3.8) is 0 Å². The summed E-state index contributed by atoms with van der Waals surface area (Å²) >= 11 is 0. The van der Waals surface area contributed by atoms with Crippen LogP contribution in [0.3, 0.4) is 0 Å². The van der Waals surface area contributed by atoms with Crippen molar-refractivity contribution in [2.75, 3.05) is 0 Å². The summed E-state index contributed by atoms with van der Waals surface area (Å²) in [6.45, 7) is 4.97. The van der Waals surface area contributed by atoms with Gasteiger partial charge in [-0.1, -0.05) is 13.8 Å². The predicted molar refractivity (Wildman–Crippen MR) is 121 cm³/mol. The number of hydrogen-bond donors (Lipinski definition) is 2. The molecule has 0 aliphatic heterocycles. The minimum absolute atomic E-state index is 0.288. The molecule has 158 valence electrons. The second-order valence-corrected chi connectivity index (χ2v) is 8.15. The number of H-pyrrole nitrogens is 2. The Morgan fingerprint density at radius 3 is 2.44 bits per heavy atom. The lowest BCUT2D eigenvalue weighted by Crippen LogP contribution is -2.07. The minimum Gasteiger partial charge on any atom is -0.302 e. The van der Waals surface area contributed by atoms with Gasteiger partial charge in [0.15, 0.2) is 0 Å². The van der Waals surface area contributed by atoms with E-state index in [2.05, 4.69) is 66.0 Å². The third-order valence-corrected chi connectivity index (χ3v) is 5.81. The predicted octanol–water partition coefficient (Wildman–Crippen LogP) is 4.03. The molecule has 0 radical (unpaired) electrons. The molecule has 0 atom stereocenters. The molecule has 0 unspecified atom stereocenters. The molecule has 0 fully saturated rings. The lowest BCUT2D eigenvalue weighted by atomic mass is 9.94. The molecule has 0 bridgehead atoms. The molecule has 6 heterocycles. The summed E-state index contributed by atoms with van der Waals surface area (Å²) in [5.41, 5.74) is 9.27. The molecular formula is C23H21N9. The van der Waals surface area contributed by atoms with Crippen LogP contribution >= 0.6 is 0 Å². The zero-order valence-corrected chi connectivity index (χ0v) is 17.7. The average molecular weight is 423 g/mol. The first-order valence-electron chi connectivity index (χ1n) is 10.5. The highest BCUT2D eigenvalue weighted by atomic mass is 15.3. The molecule has 0 aliphatic carbocycles. The molecule has 9 heteroatoms. The molecule has 0 saturated carbocycles. The van der Waals surface area contributed by atoms with Crippen molar-refractivity contribution in [2.24, 2.45) is 0 Å². The van der Waals surface area contributed by atoms with Crippen LogP contribution in [0.4, 0.5) is 0 Å². The summed E-state index contributed by atoms with van der Waals surface area (Å²) in [7, 11) is 0. The smallest absolute Gasteiger partial charge is 0.136 e. The first-order valence-corrected chi connectivity index (χ1v) is 10.5. The maximum atomic E-state index is 4.69. The van der Waals surface area contributed by atoms with E-state index in [1.807, 2.05) is 54.1 Å². The first-order chi connectivity index (χ1) is 15.7. The number of imidazole rings is 1. The number of pyridine rings is 2. The standard InChI is InChI=1S/C23H21N9/c1-14(2)22-19(17-7-28-29-8-17)10-24-20-11-30-32(23(20)22)13-18-9-25-21-4-3-15(12-31(18)21)16-5-26-27-6-16/h3-12,14H,13H2,1-2H3,(H,26,27)(H,28,29). The Morgan fingerprint density at radius 1 is 0.875 bits per heavy atom. The van der Waals surface area contributed by atoms with Crippen molar-refractivity contribution in [2.45, 2.75) is 26.3 Å². The summed E-state index contributed by atoms with van der Waals surface area (Å²) < 4.78 is 4.13. The molecule has 9 nitrogen and oxygen atoms in total. The fourth-order valence-electron chi connectivity index (χ4n) is 4.29. The summed E-state index contributed by atoms with van der Waals surface area (Å²) in [4.78, 5) is 9.27. The Balaban J connectivity index is 1.49. The van der Waals surface area contributed by atoms with Crippen molar-refractivity contribution in [1.82, 2.24) is 44.5 Å². The van der Waals surface area contributed by atoms with Crippen molar-refractivity contribution in [3.8, 4) is 22.3 Å². The van der Waals surface area contributed by atoms with Gasteiger partial charge in [0.05, 0.1) is 42.5 Å². The van der Waals surface area contributed by atoms with E-state index in [-0.39, 0.29) is 5.92 Å². The fraction of sp³-hybridized carbons (Fsp3) is 0.174. The van der Waals surface area contributed by atoms with E-state index in [0.717, 1.165) is 44.6 Å². The summed E-state index contributed by atoms with van der Waals surface area (Å²) in [5, 5.41) is 18.6. The maximum Gasteiger partial charge on any atom is 0.136 e. The van der Waals surface area contributed by atoms with Gasteiger partial charge in [0.2, 0.25) is 0 Å². The van der Waals surface area contributed by atoms with E-state index in [0.29, 0.717) is 6.54 Å². The van der Waals surface area contributed by atoms with Crippen LogP contribution in [0.25, 0.3) is 38.9 Å². The normalized spacial score (nSPS) is 11.8. The Bertz CT molecular complexity index is 1520. The minimum atomic E-state index is 0.288. The number of fused-ring (bicyclic) bond motifs is 2. The Kier molecular flexibility index (Phi) is 4.14. The van der Waals surface area contributed by atoms with E-state index < -0.39 is 0 Å². The lowest BCUT2D eigenvalue weighted by Gasteiger charge is -2.15. The number of nitrogens with one attached hydrogen (secondary N) is 2. The van der Waals surface area contributed by atoms with Crippen LogP contribution in [0.5, 0.6) is 0 Å². The van der Waals surface area contributed by atoms with Crippen LogP contribution < -0.4 is 0 Å². The number of nitrogens with zero attached hydrogens (tertiary/aromatic N) is 7. The molecule has 0 saturated heterocycles. The van der Waals surface area contributed by atoms with Crippen molar-refractivity contribution in [1.29, 1.82) is 0 Å². The Hall–Kier alpha value is -4.27. The summed E-state index contributed by atoms with van der Waals surface area (Å²) in [5.74, 6) is 0.288. The molecule has 0 aromatic carbocycles. The summed E-state index contributed by atoms with van der Waals surface area (Å²) in [6, 6.07) is 4.07.